The minimum Gasteiger partial charge on any atom is -0.396 e. The van der Waals surface area contributed by atoms with Crippen molar-refractivity contribution in [1.82, 2.24) is 0 Å². The van der Waals surface area contributed by atoms with Crippen LogP contribution in [0.1, 0.15) is 18.4 Å². The van der Waals surface area contributed by atoms with Crippen molar-refractivity contribution < 1.29 is 22.7 Å². The van der Waals surface area contributed by atoms with E-state index in [9.17, 15) is 13.2 Å². The number of oxime groups is 1. The number of aliphatic imine (C=N–C) groups is 1. The number of ether oxygens (including phenoxy) is 1. The van der Waals surface area contributed by atoms with Gasteiger partial charge in [-0.3, -0.25) is 0 Å². The lowest BCUT2D eigenvalue weighted by atomic mass is 9.92. The van der Waals surface area contributed by atoms with Crippen molar-refractivity contribution in [2.24, 2.45) is 16.1 Å². The third kappa shape index (κ3) is 3.21. The molecule has 0 radical (unpaired) electrons. The van der Waals surface area contributed by atoms with Gasteiger partial charge in [0, 0.05) is 16.3 Å². The van der Waals surface area contributed by atoms with Crippen molar-refractivity contribution in [2.75, 3.05) is 19.0 Å². The first-order valence-electron chi connectivity index (χ1n) is 7.30. The second kappa shape index (κ2) is 6.25. The molecular weight excluding hydrogens is 347 g/mol. The normalized spacial score (nSPS) is 25.1. The summed E-state index contributed by atoms with van der Waals surface area (Å²) in [4.78, 5) is 8.38. The summed E-state index contributed by atoms with van der Waals surface area (Å²) in [5, 5.41) is 6.44. The fourth-order valence-electron chi connectivity index (χ4n) is 2.40. The Bertz CT molecular complexity index is 689. The predicted molar refractivity (Wildman–Crippen MR) is 84.4 cm³/mol. The van der Waals surface area contributed by atoms with Crippen molar-refractivity contribution in [3.05, 3.63) is 28.8 Å². The van der Waals surface area contributed by atoms with E-state index < -0.39 is 11.8 Å². The van der Waals surface area contributed by atoms with Gasteiger partial charge >= 0.3 is 6.18 Å². The highest BCUT2D eigenvalue weighted by Gasteiger charge is 2.59. The monoisotopic (exact) mass is 361 g/mol. The minimum absolute atomic E-state index is 0.00572. The molecular formula is C15H15ClF3N3O2. The first kappa shape index (κ1) is 17.0. The number of guanidine groups is 1. The number of benzene rings is 1. The van der Waals surface area contributed by atoms with Crippen LogP contribution in [-0.2, 0) is 15.2 Å². The largest absolute Gasteiger partial charge is 0.427 e. The summed E-state index contributed by atoms with van der Waals surface area (Å²) in [5.74, 6) is 0.0332. The van der Waals surface area contributed by atoms with Crippen LogP contribution >= 0.6 is 11.6 Å². The van der Waals surface area contributed by atoms with E-state index in [0.29, 0.717) is 6.21 Å². The molecule has 1 aliphatic heterocycles. The molecule has 1 aromatic carbocycles. The van der Waals surface area contributed by atoms with Crippen molar-refractivity contribution in [3.8, 4) is 0 Å². The van der Waals surface area contributed by atoms with Crippen LogP contribution in [-0.4, -0.2) is 32.1 Å². The van der Waals surface area contributed by atoms with Gasteiger partial charge in [-0.05, 0) is 42.1 Å². The molecule has 1 aromatic rings. The molecule has 1 N–H and O–H groups in total. The van der Waals surface area contributed by atoms with Gasteiger partial charge < -0.3 is 14.9 Å². The third-order valence-corrected chi connectivity index (χ3v) is 4.07. The second-order valence-corrected chi connectivity index (χ2v) is 6.09. The summed E-state index contributed by atoms with van der Waals surface area (Å²) >= 11 is 5.93. The Labute approximate surface area is 141 Å². The number of anilines is 1. The molecule has 9 heteroatoms. The summed E-state index contributed by atoms with van der Waals surface area (Å²) in [5.41, 5.74) is -2.71. The lowest BCUT2D eigenvalue weighted by molar-refractivity contribution is -0.252. The molecule has 0 amide bonds. The average Bonchev–Trinajstić information content (AvgIpc) is 3.32. The van der Waals surface area contributed by atoms with Crippen LogP contribution in [0.4, 0.5) is 18.9 Å². The molecule has 1 aliphatic carbocycles. The highest BCUT2D eigenvalue weighted by atomic mass is 35.5. The molecule has 1 heterocycles. The Morgan fingerprint density at radius 1 is 1.42 bits per heavy atom. The molecule has 130 valence electrons. The van der Waals surface area contributed by atoms with Gasteiger partial charge in [0.05, 0.1) is 12.8 Å². The van der Waals surface area contributed by atoms with E-state index in [2.05, 4.69) is 20.3 Å². The molecule has 0 saturated heterocycles. The number of nitrogens with one attached hydrogen (secondary N) is 1. The van der Waals surface area contributed by atoms with Crippen LogP contribution in [0, 0.1) is 5.92 Å². The molecule has 3 rings (SSSR count). The van der Waals surface area contributed by atoms with Crippen LogP contribution < -0.4 is 5.32 Å². The second-order valence-electron chi connectivity index (χ2n) is 5.66. The fourth-order valence-corrected chi connectivity index (χ4v) is 2.57. The van der Waals surface area contributed by atoms with Crippen molar-refractivity contribution in [2.45, 2.75) is 24.6 Å². The van der Waals surface area contributed by atoms with E-state index in [-0.39, 0.29) is 34.8 Å². The standard InChI is InChI=1S/C15H15ClF3N3O2/c1-23-22-13-20-8-14(15(17,18)19,24-7-9-2-3-9)11-6-10(16)4-5-12(11)21-13/h4-6,8-9H,2-3,7H2,1H3,(H,21,22)/t14-/m0/s1. The highest BCUT2D eigenvalue weighted by molar-refractivity contribution is 6.30. The number of nitrogens with zero attached hydrogens (tertiary/aromatic N) is 2. The zero-order chi connectivity index (χ0) is 17.4. The van der Waals surface area contributed by atoms with Gasteiger partial charge in [-0.1, -0.05) is 11.6 Å². The number of alkyl halides is 3. The van der Waals surface area contributed by atoms with Crippen LogP contribution in [0.15, 0.2) is 28.3 Å². The predicted octanol–water partition coefficient (Wildman–Crippen LogP) is 3.94. The lowest BCUT2D eigenvalue weighted by Gasteiger charge is -2.33. The van der Waals surface area contributed by atoms with E-state index in [4.69, 9.17) is 16.3 Å². The molecule has 1 fully saturated rings. The summed E-state index contributed by atoms with van der Waals surface area (Å²) in [6.07, 6.45) is -2.29. The zero-order valence-corrected chi connectivity index (χ0v) is 13.5. The summed E-state index contributed by atoms with van der Waals surface area (Å²) in [7, 11) is 1.28. The quantitative estimate of drug-likeness (QED) is 0.826. The number of hydrogen-bond donors (Lipinski definition) is 1. The summed E-state index contributed by atoms with van der Waals surface area (Å²) in [6.45, 7) is -0.00572. The van der Waals surface area contributed by atoms with E-state index in [1.807, 2.05) is 0 Å². The van der Waals surface area contributed by atoms with Crippen molar-refractivity contribution in [1.29, 1.82) is 0 Å². The Kier molecular flexibility index (Phi) is 4.44. The number of rotatable bonds is 4. The maximum absolute atomic E-state index is 14.0. The van der Waals surface area contributed by atoms with E-state index in [1.165, 1.54) is 25.3 Å². The molecule has 1 saturated carbocycles. The smallest absolute Gasteiger partial charge is 0.396 e. The maximum atomic E-state index is 14.0. The fraction of sp³-hybridized carbons (Fsp3) is 0.467. The lowest BCUT2D eigenvalue weighted by Crippen LogP contribution is -2.47. The van der Waals surface area contributed by atoms with E-state index in [0.717, 1.165) is 12.8 Å². The molecule has 1 atom stereocenters. The number of hydrogen-bond acceptors (Lipinski definition) is 3. The Morgan fingerprint density at radius 2 is 2.17 bits per heavy atom. The molecule has 2 aliphatic rings. The first-order valence-corrected chi connectivity index (χ1v) is 7.67. The van der Waals surface area contributed by atoms with Gasteiger partial charge in [0.1, 0.15) is 7.11 Å². The van der Waals surface area contributed by atoms with Gasteiger partial charge in [0.2, 0.25) is 5.60 Å². The van der Waals surface area contributed by atoms with Gasteiger partial charge in [-0.15, -0.1) is 0 Å². The van der Waals surface area contributed by atoms with Gasteiger partial charge in [-0.2, -0.15) is 13.2 Å². The van der Waals surface area contributed by atoms with Crippen LogP contribution in [0.3, 0.4) is 0 Å². The van der Waals surface area contributed by atoms with Crippen LogP contribution in [0.5, 0.6) is 0 Å². The Hall–Kier alpha value is -1.80. The maximum Gasteiger partial charge on any atom is 0.427 e. The molecule has 0 spiro atoms. The summed E-state index contributed by atoms with van der Waals surface area (Å²) in [6, 6.07) is 4.13. The molecule has 0 aromatic heterocycles. The summed E-state index contributed by atoms with van der Waals surface area (Å²) < 4.78 is 47.4. The van der Waals surface area contributed by atoms with Crippen molar-refractivity contribution >= 4 is 29.5 Å². The molecule has 24 heavy (non-hydrogen) atoms. The number of halogens is 4. The van der Waals surface area contributed by atoms with Gasteiger partial charge in [0.25, 0.3) is 5.96 Å². The third-order valence-electron chi connectivity index (χ3n) is 3.84. The minimum atomic E-state index is -4.73. The Morgan fingerprint density at radius 3 is 2.79 bits per heavy atom. The molecule has 5 nitrogen and oxygen atoms in total. The van der Waals surface area contributed by atoms with Crippen LogP contribution in [0.25, 0.3) is 0 Å². The van der Waals surface area contributed by atoms with E-state index in [1.54, 1.807) is 0 Å². The zero-order valence-electron chi connectivity index (χ0n) is 12.7. The Balaban J connectivity index is 2.15. The van der Waals surface area contributed by atoms with Gasteiger partial charge in [0.15, 0.2) is 0 Å². The van der Waals surface area contributed by atoms with Gasteiger partial charge in [-0.25, -0.2) is 4.99 Å². The average molecular weight is 362 g/mol. The SMILES string of the molecule is CON=C1N=C[C@@](OCC2CC2)(C(F)(F)F)c2cc(Cl)ccc2N1. The number of fused-ring (bicyclic) bond motifs is 1. The molecule has 0 unspecified atom stereocenters. The van der Waals surface area contributed by atoms with Crippen LogP contribution in [0.2, 0.25) is 5.02 Å². The molecule has 0 bridgehead atoms. The highest BCUT2D eigenvalue weighted by Crippen LogP contribution is 2.47. The van der Waals surface area contributed by atoms with Crippen molar-refractivity contribution in [3.63, 3.8) is 0 Å². The topological polar surface area (TPSA) is 55.2 Å². The van der Waals surface area contributed by atoms with E-state index >= 15 is 0 Å². The first-order chi connectivity index (χ1) is 11.4.